The van der Waals surface area contributed by atoms with Gasteiger partial charge < -0.3 is 9.88 Å². The van der Waals surface area contributed by atoms with Crippen molar-refractivity contribution < 1.29 is 31.5 Å². The maximum atomic E-state index is 14.9. The van der Waals surface area contributed by atoms with E-state index in [0.717, 1.165) is 38.4 Å². The number of piperidine rings is 1. The second-order valence-corrected chi connectivity index (χ2v) is 9.15. The van der Waals surface area contributed by atoms with Crippen LogP contribution in [-0.4, -0.2) is 58.5 Å². The van der Waals surface area contributed by atoms with Gasteiger partial charge in [-0.2, -0.15) is 22.0 Å². The van der Waals surface area contributed by atoms with Crippen LogP contribution < -0.4 is 5.32 Å². The Balaban J connectivity index is 1.81. The third-order valence-electron chi connectivity index (χ3n) is 6.47. The number of hydrogen-bond donors (Lipinski definition) is 1. The third-order valence-corrected chi connectivity index (χ3v) is 6.47. The zero-order valence-corrected chi connectivity index (χ0v) is 20.4. The number of amides is 1. The number of fused-ring (bicyclic) bond motifs is 1. The van der Waals surface area contributed by atoms with E-state index in [1.165, 1.54) is 22.0 Å². The summed E-state index contributed by atoms with van der Waals surface area (Å²) in [4.78, 5) is 34.9. The van der Waals surface area contributed by atoms with Gasteiger partial charge in [-0.05, 0) is 51.1 Å². The summed E-state index contributed by atoms with van der Waals surface area (Å²) in [6, 6.07) is 7.18. The van der Waals surface area contributed by atoms with Gasteiger partial charge in [0.05, 0.1) is 35.3 Å². The second kappa shape index (κ2) is 10.5. The number of carbonyl (C=O) groups is 2. The van der Waals surface area contributed by atoms with Crippen LogP contribution in [0.15, 0.2) is 36.5 Å². The summed E-state index contributed by atoms with van der Waals surface area (Å²) in [5, 5.41) is 1.21. The van der Waals surface area contributed by atoms with Gasteiger partial charge in [0, 0.05) is 17.6 Å². The van der Waals surface area contributed by atoms with Gasteiger partial charge in [0.1, 0.15) is 6.54 Å². The molecule has 200 valence electrons. The Labute approximate surface area is 215 Å². The molecular weight excluding hydrogens is 509 g/mol. The molecule has 2 aromatic heterocycles. The van der Waals surface area contributed by atoms with E-state index >= 15 is 0 Å². The predicted molar refractivity (Wildman–Crippen MR) is 130 cm³/mol. The highest BCUT2D eigenvalue weighted by molar-refractivity contribution is 6.09. The first-order valence-electron chi connectivity index (χ1n) is 11.9. The van der Waals surface area contributed by atoms with Crippen molar-refractivity contribution in [2.24, 2.45) is 0 Å². The smallest absolute Gasteiger partial charge is 0.341 e. The highest BCUT2D eigenvalue weighted by Gasteiger charge is 2.43. The maximum Gasteiger partial charge on any atom is 0.405 e. The molecule has 1 saturated heterocycles. The molecule has 1 fully saturated rings. The van der Waals surface area contributed by atoms with Gasteiger partial charge in [-0.15, -0.1) is 0 Å². The van der Waals surface area contributed by atoms with Crippen LogP contribution in [0.5, 0.6) is 0 Å². The average molecular weight is 534 g/mol. The number of nitrogens with one attached hydrogen (secondary N) is 1. The van der Waals surface area contributed by atoms with Gasteiger partial charge >= 0.3 is 12.1 Å². The normalized spacial score (nSPS) is 14.9. The number of ketones is 1. The lowest BCUT2D eigenvalue weighted by atomic mass is 10.1. The standard InChI is InChI=1S/C26H24F5N5O2/c1-16-22(21(37)14-35-10-4-3-5-11-35)23-20(36(16)19-8-6-18(32-2)7-9-19)12-17(13-33-23)26(30,31)24(38)34-15-25(27,28)29/h6-9,12-13H,3-5,10-11,14-15H2,1H3,(H,34,38). The number of halogens is 5. The molecule has 38 heavy (non-hydrogen) atoms. The van der Waals surface area contributed by atoms with E-state index in [9.17, 15) is 31.5 Å². The number of carbonyl (C=O) groups excluding carboxylic acids is 2. The Bertz CT molecular complexity index is 1400. The number of alkyl halides is 5. The van der Waals surface area contributed by atoms with Gasteiger partial charge in [-0.3, -0.25) is 19.5 Å². The fourth-order valence-electron chi connectivity index (χ4n) is 4.62. The largest absolute Gasteiger partial charge is 0.405 e. The highest BCUT2D eigenvalue weighted by atomic mass is 19.4. The van der Waals surface area contributed by atoms with Crippen molar-refractivity contribution in [2.75, 3.05) is 26.2 Å². The first-order chi connectivity index (χ1) is 17.9. The molecule has 12 heteroatoms. The maximum absolute atomic E-state index is 14.9. The molecule has 1 aliphatic heterocycles. The van der Waals surface area contributed by atoms with Crippen LogP contribution in [0.2, 0.25) is 0 Å². The van der Waals surface area contributed by atoms with E-state index in [2.05, 4.69) is 9.83 Å². The Morgan fingerprint density at radius 1 is 1.08 bits per heavy atom. The summed E-state index contributed by atoms with van der Waals surface area (Å²) in [5.74, 6) is -6.68. The lowest BCUT2D eigenvalue weighted by molar-refractivity contribution is -0.156. The zero-order chi connectivity index (χ0) is 27.7. The summed E-state index contributed by atoms with van der Waals surface area (Å²) in [6.07, 6.45) is -1.14. The summed E-state index contributed by atoms with van der Waals surface area (Å²) in [6.45, 7) is 8.53. The van der Waals surface area contributed by atoms with Crippen LogP contribution >= 0.6 is 0 Å². The molecule has 1 aromatic carbocycles. The number of pyridine rings is 1. The number of nitrogens with zero attached hydrogens (tertiary/aromatic N) is 4. The minimum absolute atomic E-state index is 0.0841. The number of benzene rings is 1. The molecule has 0 aliphatic carbocycles. The molecule has 0 bridgehead atoms. The Hall–Kier alpha value is -3.85. The van der Waals surface area contributed by atoms with Gasteiger partial charge in [0.2, 0.25) is 0 Å². The van der Waals surface area contributed by atoms with E-state index < -0.39 is 30.1 Å². The van der Waals surface area contributed by atoms with Crippen molar-refractivity contribution >= 4 is 28.4 Å². The molecule has 0 unspecified atom stereocenters. The van der Waals surface area contributed by atoms with Gasteiger partial charge in [0.15, 0.2) is 11.5 Å². The minimum Gasteiger partial charge on any atom is -0.341 e. The van der Waals surface area contributed by atoms with Crippen molar-refractivity contribution in [3.05, 3.63) is 64.8 Å². The molecule has 1 N–H and O–H groups in total. The van der Waals surface area contributed by atoms with E-state index in [4.69, 9.17) is 6.57 Å². The Morgan fingerprint density at radius 2 is 1.74 bits per heavy atom. The summed E-state index contributed by atoms with van der Waals surface area (Å²) < 4.78 is 68.8. The van der Waals surface area contributed by atoms with Crippen molar-refractivity contribution in [1.29, 1.82) is 0 Å². The van der Waals surface area contributed by atoms with E-state index in [0.29, 0.717) is 23.3 Å². The van der Waals surface area contributed by atoms with Crippen LogP contribution in [-0.2, 0) is 10.7 Å². The molecule has 7 nitrogen and oxygen atoms in total. The molecule has 1 aliphatic rings. The predicted octanol–water partition coefficient (Wildman–Crippen LogP) is 5.32. The summed E-state index contributed by atoms with van der Waals surface area (Å²) in [7, 11) is 0. The number of hydrogen-bond acceptors (Lipinski definition) is 4. The fourth-order valence-corrected chi connectivity index (χ4v) is 4.62. The van der Waals surface area contributed by atoms with Crippen molar-refractivity contribution in [3.8, 4) is 5.69 Å². The van der Waals surface area contributed by atoms with E-state index in [1.54, 1.807) is 19.1 Å². The SMILES string of the molecule is [C-]#[N+]c1ccc(-n2c(C)c(C(=O)CN3CCCCC3)c3ncc(C(F)(F)C(=O)NCC(F)(F)F)cc32)cc1. The van der Waals surface area contributed by atoms with Gasteiger partial charge in [0.25, 0.3) is 5.91 Å². The van der Waals surface area contributed by atoms with Gasteiger partial charge in [-0.1, -0.05) is 18.6 Å². The van der Waals surface area contributed by atoms with Crippen LogP contribution in [0.1, 0.15) is 40.9 Å². The lowest BCUT2D eigenvalue weighted by Crippen LogP contribution is -2.42. The Morgan fingerprint density at radius 3 is 2.34 bits per heavy atom. The Kier molecular flexibility index (Phi) is 7.51. The molecule has 1 amide bonds. The molecule has 0 spiro atoms. The van der Waals surface area contributed by atoms with Crippen LogP contribution in [0.3, 0.4) is 0 Å². The molecule has 3 aromatic rings. The minimum atomic E-state index is -4.86. The summed E-state index contributed by atoms with van der Waals surface area (Å²) >= 11 is 0. The second-order valence-electron chi connectivity index (χ2n) is 9.15. The molecule has 4 rings (SSSR count). The average Bonchev–Trinajstić information content (AvgIpc) is 3.18. The fraction of sp³-hybridized carbons (Fsp3) is 0.385. The molecule has 3 heterocycles. The molecule has 0 atom stereocenters. The quantitative estimate of drug-likeness (QED) is 0.254. The van der Waals surface area contributed by atoms with Crippen molar-refractivity contribution in [1.82, 2.24) is 19.8 Å². The number of Topliss-reactive ketones (excluding diaryl/α,β-unsaturated/α-hetero) is 1. The first kappa shape index (κ1) is 27.2. The van der Waals surface area contributed by atoms with E-state index in [1.807, 2.05) is 4.90 Å². The van der Waals surface area contributed by atoms with Crippen LogP contribution in [0.4, 0.5) is 27.6 Å². The first-order valence-corrected chi connectivity index (χ1v) is 11.9. The molecular formula is C26H24F5N5O2. The third kappa shape index (κ3) is 5.52. The number of likely N-dealkylation sites (tertiary alicyclic amines) is 1. The summed E-state index contributed by atoms with van der Waals surface area (Å²) in [5.41, 5.74) is 0.756. The molecule has 0 radical (unpaired) electrons. The zero-order valence-electron chi connectivity index (χ0n) is 20.4. The highest BCUT2D eigenvalue weighted by Crippen LogP contribution is 2.35. The monoisotopic (exact) mass is 533 g/mol. The van der Waals surface area contributed by atoms with Crippen LogP contribution in [0.25, 0.3) is 21.6 Å². The van der Waals surface area contributed by atoms with Crippen LogP contribution in [0, 0.1) is 13.5 Å². The molecule has 0 saturated carbocycles. The van der Waals surface area contributed by atoms with Crippen molar-refractivity contribution in [2.45, 2.75) is 38.3 Å². The van der Waals surface area contributed by atoms with Crippen molar-refractivity contribution in [3.63, 3.8) is 0 Å². The number of rotatable bonds is 7. The van der Waals surface area contributed by atoms with E-state index in [-0.39, 0.29) is 28.9 Å². The lowest BCUT2D eigenvalue weighted by Gasteiger charge is -2.25. The number of aromatic nitrogens is 2. The topological polar surface area (TPSA) is 71.6 Å². The van der Waals surface area contributed by atoms with Gasteiger partial charge in [-0.25, -0.2) is 4.85 Å².